The van der Waals surface area contributed by atoms with Crippen LogP contribution in [0.5, 0.6) is 0 Å². The number of methoxy groups -OCH3 is 1. The fourth-order valence-electron chi connectivity index (χ4n) is 0.877. The van der Waals surface area contributed by atoms with E-state index in [1.165, 1.54) is 10.9 Å². The van der Waals surface area contributed by atoms with Gasteiger partial charge in [-0.15, -0.1) is 5.10 Å². The summed E-state index contributed by atoms with van der Waals surface area (Å²) in [5.41, 5.74) is -0.0302. The Bertz CT molecular complexity index is 284. The van der Waals surface area contributed by atoms with E-state index in [2.05, 4.69) is 10.3 Å². The predicted octanol–water partition coefficient (Wildman–Crippen LogP) is 0.0128. The molecule has 1 heterocycles. The molecule has 6 heteroatoms. The summed E-state index contributed by atoms with van der Waals surface area (Å²) in [5.74, 6) is -1.06. The molecule has 1 N–H and O–H groups in total. The molecule has 6 nitrogen and oxygen atoms in total. The third kappa shape index (κ3) is 2.83. The van der Waals surface area contributed by atoms with Crippen molar-refractivity contribution in [3.8, 4) is 0 Å². The zero-order chi connectivity index (χ0) is 9.68. The Labute approximate surface area is 75.1 Å². The largest absolute Gasteiger partial charge is 0.476 e. The first-order chi connectivity index (χ1) is 6.24. The summed E-state index contributed by atoms with van der Waals surface area (Å²) in [6, 6.07) is 0. The van der Waals surface area contributed by atoms with Crippen molar-refractivity contribution < 1.29 is 14.6 Å². The highest BCUT2D eigenvalue weighted by atomic mass is 16.5. The number of nitrogens with zero attached hydrogens (tertiary/aromatic N) is 3. The summed E-state index contributed by atoms with van der Waals surface area (Å²) < 4.78 is 6.33. The standard InChI is InChI=1S/C7H11N3O3/c1-13-4-2-3-10-5-6(7(11)12)8-9-10/h5H,2-4H2,1H3,(H,11,12). The van der Waals surface area contributed by atoms with Crippen LogP contribution in [0.2, 0.25) is 0 Å². The normalized spacial score (nSPS) is 10.2. The van der Waals surface area contributed by atoms with Crippen molar-refractivity contribution in [3.63, 3.8) is 0 Å². The molecule has 1 rings (SSSR count). The minimum Gasteiger partial charge on any atom is -0.476 e. The van der Waals surface area contributed by atoms with Gasteiger partial charge in [0.25, 0.3) is 0 Å². The lowest BCUT2D eigenvalue weighted by atomic mass is 10.4. The first-order valence-corrected chi connectivity index (χ1v) is 3.86. The predicted molar refractivity (Wildman–Crippen MR) is 43.5 cm³/mol. The van der Waals surface area contributed by atoms with Gasteiger partial charge in [-0.05, 0) is 6.42 Å². The molecule has 0 radical (unpaired) electrons. The number of carboxylic acids is 1. The van der Waals surface area contributed by atoms with Crippen molar-refractivity contribution in [2.75, 3.05) is 13.7 Å². The van der Waals surface area contributed by atoms with Crippen molar-refractivity contribution >= 4 is 5.97 Å². The van der Waals surface area contributed by atoms with Gasteiger partial charge in [-0.1, -0.05) is 5.21 Å². The first-order valence-electron chi connectivity index (χ1n) is 3.86. The van der Waals surface area contributed by atoms with Crippen LogP contribution in [0.3, 0.4) is 0 Å². The lowest BCUT2D eigenvalue weighted by Crippen LogP contribution is -2.02. The molecular formula is C7H11N3O3. The Hall–Kier alpha value is -1.43. The first kappa shape index (κ1) is 9.66. The van der Waals surface area contributed by atoms with Crippen LogP contribution in [0.15, 0.2) is 6.20 Å². The summed E-state index contributed by atoms with van der Waals surface area (Å²) in [6.07, 6.45) is 2.19. The lowest BCUT2D eigenvalue weighted by molar-refractivity contribution is 0.0690. The van der Waals surface area contributed by atoms with Crippen LogP contribution in [-0.4, -0.2) is 39.8 Å². The van der Waals surface area contributed by atoms with Gasteiger partial charge in [0.2, 0.25) is 0 Å². The third-order valence-corrected chi connectivity index (χ3v) is 1.49. The molecule has 0 unspecified atom stereocenters. The molecule has 0 aliphatic carbocycles. The van der Waals surface area contributed by atoms with Crippen molar-refractivity contribution in [3.05, 3.63) is 11.9 Å². The molecule has 0 spiro atoms. The highest BCUT2D eigenvalue weighted by molar-refractivity contribution is 5.84. The summed E-state index contributed by atoms with van der Waals surface area (Å²) in [7, 11) is 1.62. The van der Waals surface area contributed by atoms with Gasteiger partial charge < -0.3 is 9.84 Å². The van der Waals surface area contributed by atoms with Crippen LogP contribution < -0.4 is 0 Å². The van der Waals surface area contributed by atoms with Gasteiger partial charge in [-0.2, -0.15) is 0 Å². The van der Waals surface area contributed by atoms with E-state index in [9.17, 15) is 4.79 Å². The monoisotopic (exact) mass is 185 g/mol. The molecule has 0 fully saturated rings. The van der Waals surface area contributed by atoms with Gasteiger partial charge in [-0.25, -0.2) is 4.79 Å². The molecule has 0 bridgehead atoms. The van der Waals surface area contributed by atoms with Crippen molar-refractivity contribution in [2.24, 2.45) is 0 Å². The molecule has 0 saturated heterocycles. The highest BCUT2D eigenvalue weighted by Crippen LogP contribution is 1.94. The molecule has 1 aromatic rings. The number of hydrogen-bond donors (Lipinski definition) is 1. The summed E-state index contributed by atoms with van der Waals surface area (Å²) in [4.78, 5) is 10.4. The van der Waals surface area contributed by atoms with E-state index in [-0.39, 0.29) is 5.69 Å². The van der Waals surface area contributed by atoms with Crippen molar-refractivity contribution in [2.45, 2.75) is 13.0 Å². The number of hydrogen-bond acceptors (Lipinski definition) is 4. The zero-order valence-electron chi connectivity index (χ0n) is 7.30. The molecule has 0 aromatic carbocycles. The van der Waals surface area contributed by atoms with Crippen LogP contribution in [0.1, 0.15) is 16.9 Å². The molecule has 72 valence electrons. The Kier molecular flexibility index (Phi) is 3.39. The van der Waals surface area contributed by atoms with Crippen LogP contribution in [0.4, 0.5) is 0 Å². The zero-order valence-corrected chi connectivity index (χ0v) is 7.30. The number of aromatic nitrogens is 3. The van der Waals surface area contributed by atoms with E-state index in [1.54, 1.807) is 7.11 Å². The van der Waals surface area contributed by atoms with Crippen LogP contribution in [0.25, 0.3) is 0 Å². The summed E-state index contributed by atoms with van der Waals surface area (Å²) in [5, 5.41) is 15.6. The second kappa shape index (κ2) is 4.56. The SMILES string of the molecule is COCCCn1cc(C(=O)O)nn1. The van der Waals surface area contributed by atoms with E-state index >= 15 is 0 Å². The minimum absolute atomic E-state index is 0.0302. The Morgan fingerprint density at radius 1 is 1.77 bits per heavy atom. The number of carboxylic acid groups (broad SMARTS) is 1. The van der Waals surface area contributed by atoms with Gasteiger partial charge in [0.1, 0.15) is 0 Å². The molecule has 1 aromatic heterocycles. The molecule has 13 heavy (non-hydrogen) atoms. The number of aryl methyl sites for hydroxylation is 1. The maximum atomic E-state index is 10.4. The summed E-state index contributed by atoms with van der Waals surface area (Å²) >= 11 is 0. The van der Waals surface area contributed by atoms with E-state index in [0.29, 0.717) is 13.2 Å². The second-order valence-electron chi connectivity index (χ2n) is 2.52. The fraction of sp³-hybridized carbons (Fsp3) is 0.571. The number of carbonyl (C=O) groups is 1. The van der Waals surface area contributed by atoms with Gasteiger partial charge in [0.15, 0.2) is 5.69 Å². The smallest absolute Gasteiger partial charge is 0.358 e. The van der Waals surface area contributed by atoms with E-state index in [0.717, 1.165) is 6.42 Å². The van der Waals surface area contributed by atoms with E-state index in [4.69, 9.17) is 9.84 Å². The van der Waals surface area contributed by atoms with Gasteiger partial charge >= 0.3 is 5.97 Å². The Morgan fingerprint density at radius 3 is 3.08 bits per heavy atom. The average molecular weight is 185 g/mol. The quantitative estimate of drug-likeness (QED) is 0.654. The Morgan fingerprint density at radius 2 is 2.54 bits per heavy atom. The van der Waals surface area contributed by atoms with Crippen molar-refractivity contribution in [1.82, 2.24) is 15.0 Å². The minimum atomic E-state index is -1.06. The lowest BCUT2D eigenvalue weighted by Gasteiger charge is -1.97. The number of aromatic carboxylic acids is 1. The molecule has 0 aliphatic rings. The van der Waals surface area contributed by atoms with Crippen LogP contribution in [0, 0.1) is 0 Å². The van der Waals surface area contributed by atoms with E-state index in [1.807, 2.05) is 0 Å². The van der Waals surface area contributed by atoms with E-state index < -0.39 is 5.97 Å². The number of rotatable bonds is 5. The Balaban J connectivity index is 2.44. The van der Waals surface area contributed by atoms with Gasteiger partial charge in [-0.3, -0.25) is 4.68 Å². The average Bonchev–Trinajstić information content (AvgIpc) is 2.53. The maximum Gasteiger partial charge on any atom is 0.358 e. The molecule has 0 amide bonds. The molecule has 0 atom stereocenters. The highest BCUT2D eigenvalue weighted by Gasteiger charge is 2.07. The summed E-state index contributed by atoms with van der Waals surface area (Å²) in [6.45, 7) is 1.25. The molecule has 0 aliphatic heterocycles. The fourth-order valence-corrected chi connectivity index (χ4v) is 0.877. The van der Waals surface area contributed by atoms with Gasteiger partial charge in [0, 0.05) is 20.3 Å². The van der Waals surface area contributed by atoms with Crippen LogP contribution in [-0.2, 0) is 11.3 Å². The van der Waals surface area contributed by atoms with Crippen molar-refractivity contribution in [1.29, 1.82) is 0 Å². The topological polar surface area (TPSA) is 77.2 Å². The number of ether oxygens (including phenoxy) is 1. The maximum absolute atomic E-state index is 10.4. The molecule has 0 saturated carbocycles. The third-order valence-electron chi connectivity index (χ3n) is 1.49. The van der Waals surface area contributed by atoms with Gasteiger partial charge in [0.05, 0.1) is 6.20 Å². The van der Waals surface area contributed by atoms with Crippen LogP contribution >= 0.6 is 0 Å². The second-order valence-corrected chi connectivity index (χ2v) is 2.52. The molecular weight excluding hydrogens is 174 g/mol.